The quantitative estimate of drug-likeness (QED) is 0.657. The third kappa shape index (κ3) is 1.02. The zero-order valence-electron chi connectivity index (χ0n) is 5.71. The number of aliphatic hydroxyl groups is 1. The number of hydrogen-bond donors (Lipinski definition) is 1. The number of aliphatic hydroxyl groups excluding tert-OH is 1. The van der Waals surface area contributed by atoms with E-state index in [0.717, 1.165) is 0 Å². The van der Waals surface area contributed by atoms with Crippen LogP contribution in [0.1, 0.15) is 12.5 Å². The number of aromatic nitrogens is 2. The molecule has 0 fully saturated rings. The Morgan fingerprint density at radius 1 is 1.80 bits per heavy atom. The molecule has 0 aliphatic heterocycles. The summed E-state index contributed by atoms with van der Waals surface area (Å²) >= 11 is 0. The molecule has 1 heterocycles. The molecule has 1 rings (SSSR count). The van der Waals surface area contributed by atoms with Crippen molar-refractivity contribution in [3.05, 3.63) is 17.7 Å². The van der Waals surface area contributed by atoms with Crippen LogP contribution in [0.15, 0.2) is 6.20 Å². The summed E-state index contributed by atoms with van der Waals surface area (Å²) < 4.78 is 14.0. The molecule has 0 amide bonds. The van der Waals surface area contributed by atoms with Gasteiger partial charge in [-0.2, -0.15) is 9.49 Å². The van der Waals surface area contributed by atoms with Gasteiger partial charge in [-0.15, -0.1) is 0 Å². The van der Waals surface area contributed by atoms with Crippen molar-refractivity contribution in [2.24, 2.45) is 0 Å². The Morgan fingerprint density at radius 3 is 2.80 bits per heavy atom. The minimum atomic E-state index is -0.440. The molecule has 1 N–H and O–H groups in total. The number of aryl methyl sites for hydroxylation is 1. The molecule has 0 aromatic carbocycles. The van der Waals surface area contributed by atoms with Gasteiger partial charge in [0.25, 0.3) is 0 Å². The van der Waals surface area contributed by atoms with Crippen LogP contribution in [0, 0.1) is 5.95 Å². The fraction of sp³-hybridized carbons (Fsp3) is 0.500. The van der Waals surface area contributed by atoms with E-state index in [2.05, 4.69) is 5.10 Å². The molecule has 0 aliphatic rings. The Morgan fingerprint density at radius 2 is 2.50 bits per heavy atom. The molecule has 10 heavy (non-hydrogen) atoms. The molecule has 0 unspecified atom stereocenters. The van der Waals surface area contributed by atoms with Crippen LogP contribution in [0.3, 0.4) is 0 Å². The maximum Gasteiger partial charge on any atom is 0.216 e. The minimum absolute atomic E-state index is 0.252. The lowest BCUT2D eigenvalue weighted by Crippen LogP contribution is -2.00. The van der Waals surface area contributed by atoms with Crippen molar-refractivity contribution in [1.82, 2.24) is 9.78 Å². The van der Waals surface area contributed by atoms with Crippen LogP contribution in [0.5, 0.6) is 0 Å². The average Bonchev–Trinajstić information content (AvgIpc) is 2.30. The summed E-state index contributed by atoms with van der Waals surface area (Å²) in [5.41, 5.74) is 0.252. The number of rotatable bonds is 2. The van der Waals surface area contributed by atoms with Gasteiger partial charge >= 0.3 is 0 Å². The van der Waals surface area contributed by atoms with Gasteiger partial charge in [0.15, 0.2) is 0 Å². The fourth-order valence-electron chi connectivity index (χ4n) is 0.736. The maximum atomic E-state index is 12.8. The predicted octanol–water partition coefficient (Wildman–Crippen LogP) is 0.534. The summed E-state index contributed by atoms with van der Waals surface area (Å²) in [4.78, 5) is 0. The summed E-state index contributed by atoms with van der Waals surface area (Å²) in [6.07, 6.45) is 1.33. The molecule has 4 heteroatoms. The first-order valence-corrected chi connectivity index (χ1v) is 3.10. The Hall–Kier alpha value is -0.900. The van der Waals surface area contributed by atoms with E-state index in [1.165, 1.54) is 10.9 Å². The van der Waals surface area contributed by atoms with Crippen LogP contribution in [0.2, 0.25) is 0 Å². The van der Waals surface area contributed by atoms with E-state index in [4.69, 9.17) is 5.11 Å². The van der Waals surface area contributed by atoms with Crippen molar-refractivity contribution < 1.29 is 9.50 Å². The van der Waals surface area contributed by atoms with Crippen molar-refractivity contribution in [2.45, 2.75) is 20.1 Å². The largest absolute Gasteiger partial charge is 0.391 e. The van der Waals surface area contributed by atoms with Gasteiger partial charge in [-0.3, -0.25) is 0 Å². The topological polar surface area (TPSA) is 38.0 Å². The van der Waals surface area contributed by atoms with Crippen molar-refractivity contribution in [2.75, 3.05) is 0 Å². The third-order valence-electron chi connectivity index (χ3n) is 1.31. The van der Waals surface area contributed by atoms with Gasteiger partial charge in [-0.1, -0.05) is 0 Å². The van der Waals surface area contributed by atoms with E-state index < -0.39 is 5.95 Å². The van der Waals surface area contributed by atoms with Gasteiger partial charge in [0.2, 0.25) is 5.95 Å². The maximum absolute atomic E-state index is 12.8. The smallest absolute Gasteiger partial charge is 0.216 e. The van der Waals surface area contributed by atoms with E-state index in [0.29, 0.717) is 6.54 Å². The molecule has 0 aliphatic carbocycles. The second kappa shape index (κ2) is 2.79. The molecule has 3 nitrogen and oxygen atoms in total. The molecule has 0 spiro atoms. The Labute approximate surface area is 58.1 Å². The molecule has 1 aromatic heterocycles. The number of nitrogens with zero attached hydrogens (tertiary/aromatic N) is 2. The van der Waals surface area contributed by atoms with Crippen LogP contribution < -0.4 is 0 Å². The van der Waals surface area contributed by atoms with Gasteiger partial charge in [0.05, 0.1) is 18.4 Å². The van der Waals surface area contributed by atoms with Gasteiger partial charge in [0, 0.05) is 6.54 Å². The summed E-state index contributed by atoms with van der Waals surface area (Å²) in [5.74, 6) is -0.440. The second-order valence-electron chi connectivity index (χ2n) is 1.93. The standard InChI is InChI=1S/C6H9FN2O/c1-2-9-6(7)5(4-10)3-8-9/h3,10H,2,4H2,1H3. The van der Waals surface area contributed by atoms with Gasteiger partial charge < -0.3 is 5.11 Å². The lowest BCUT2D eigenvalue weighted by molar-refractivity contribution is 0.273. The molecule has 0 atom stereocenters. The van der Waals surface area contributed by atoms with Crippen molar-refractivity contribution >= 4 is 0 Å². The van der Waals surface area contributed by atoms with E-state index >= 15 is 0 Å². The second-order valence-corrected chi connectivity index (χ2v) is 1.93. The number of halogens is 1. The molecule has 56 valence electrons. The summed E-state index contributed by atoms with van der Waals surface area (Å²) in [6.45, 7) is 1.99. The molecule has 0 saturated carbocycles. The van der Waals surface area contributed by atoms with Gasteiger partial charge in [-0.25, -0.2) is 4.68 Å². The van der Waals surface area contributed by atoms with Crippen LogP contribution in [-0.2, 0) is 13.2 Å². The number of hydrogen-bond acceptors (Lipinski definition) is 2. The van der Waals surface area contributed by atoms with Crippen molar-refractivity contribution in [1.29, 1.82) is 0 Å². The van der Waals surface area contributed by atoms with Gasteiger partial charge in [0.1, 0.15) is 0 Å². The minimum Gasteiger partial charge on any atom is -0.391 e. The Bertz CT molecular complexity index is 200. The van der Waals surface area contributed by atoms with E-state index in [1.807, 2.05) is 0 Å². The summed E-state index contributed by atoms with van der Waals surface area (Å²) in [7, 11) is 0. The molecule has 0 radical (unpaired) electrons. The SMILES string of the molecule is CCn1ncc(CO)c1F. The molecule has 0 saturated heterocycles. The van der Waals surface area contributed by atoms with Crippen LogP contribution >= 0.6 is 0 Å². The summed E-state index contributed by atoms with van der Waals surface area (Å²) in [6, 6.07) is 0. The van der Waals surface area contributed by atoms with E-state index in [9.17, 15) is 4.39 Å². The average molecular weight is 144 g/mol. The monoisotopic (exact) mass is 144 g/mol. The molecule has 1 aromatic rings. The van der Waals surface area contributed by atoms with Crippen molar-refractivity contribution in [3.63, 3.8) is 0 Å². The van der Waals surface area contributed by atoms with E-state index in [1.54, 1.807) is 6.92 Å². The van der Waals surface area contributed by atoms with Crippen LogP contribution in [0.25, 0.3) is 0 Å². The lowest BCUT2D eigenvalue weighted by Gasteiger charge is -1.94. The first-order valence-electron chi connectivity index (χ1n) is 3.10. The highest BCUT2D eigenvalue weighted by Crippen LogP contribution is 2.04. The Balaban J connectivity index is 2.97. The molecule has 0 bridgehead atoms. The zero-order valence-corrected chi connectivity index (χ0v) is 5.71. The predicted molar refractivity (Wildman–Crippen MR) is 33.8 cm³/mol. The molecular weight excluding hydrogens is 135 g/mol. The van der Waals surface area contributed by atoms with Gasteiger partial charge in [-0.05, 0) is 6.92 Å². The first kappa shape index (κ1) is 7.21. The normalized spacial score (nSPS) is 10.3. The summed E-state index contributed by atoms with van der Waals surface area (Å²) in [5, 5.41) is 12.2. The fourth-order valence-corrected chi connectivity index (χ4v) is 0.736. The zero-order chi connectivity index (χ0) is 7.56. The Kier molecular flexibility index (Phi) is 2.01. The highest BCUT2D eigenvalue weighted by Gasteiger charge is 2.06. The van der Waals surface area contributed by atoms with E-state index in [-0.39, 0.29) is 12.2 Å². The highest BCUT2D eigenvalue weighted by molar-refractivity contribution is 5.04. The van der Waals surface area contributed by atoms with Crippen molar-refractivity contribution in [3.8, 4) is 0 Å². The highest BCUT2D eigenvalue weighted by atomic mass is 19.1. The lowest BCUT2D eigenvalue weighted by atomic mass is 10.4. The van der Waals surface area contributed by atoms with Crippen LogP contribution in [0.4, 0.5) is 4.39 Å². The molecular formula is C6H9FN2O. The van der Waals surface area contributed by atoms with Crippen LogP contribution in [-0.4, -0.2) is 14.9 Å². The third-order valence-corrected chi connectivity index (χ3v) is 1.31. The first-order chi connectivity index (χ1) is 4.79.